The zero-order chi connectivity index (χ0) is 18.4. The van der Waals surface area contributed by atoms with Crippen molar-refractivity contribution in [3.8, 4) is 0 Å². The second-order valence-corrected chi connectivity index (χ2v) is 6.48. The lowest BCUT2D eigenvalue weighted by molar-refractivity contribution is -0.123. The van der Waals surface area contributed by atoms with E-state index in [0.717, 1.165) is 25.1 Å². The van der Waals surface area contributed by atoms with Gasteiger partial charge in [0, 0.05) is 17.9 Å². The zero-order valence-corrected chi connectivity index (χ0v) is 14.5. The second kappa shape index (κ2) is 8.58. The van der Waals surface area contributed by atoms with Gasteiger partial charge >= 0.3 is 0 Å². The molecule has 1 saturated heterocycles. The average molecular weight is 355 g/mol. The Bertz CT molecular complexity index is 749. The van der Waals surface area contributed by atoms with Crippen molar-refractivity contribution in [3.05, 3.63) is 60.4 Å². The summed E-state index contributed by atoms with van der Waals surface area (Å²) in [4.78, 5) is 26.6. The Kier molecular flexibility index (Phi) is 5.96. The molecule has 1 unspecified atom stereocenters. The normalized spacial score (nSPS) is 17.5. The fraction of sp³-hybridized carbons (Fsp3) is 0.300. The molecular formula is C20H22FN3O2. The lowest BCUT2D eigenvalue weighted by Crippen LogP contribution is -2.43. The monoisotopic (exact) mass is 355 g/mol. The number of rotatable bonds is 5. The zero-order valence-electron chi connectivity index (χ0n) is 14.5. The highest BCUT2D eigenvalue weighted by Crippen LogP contribution is 2.19. The predicted octanol–water partition coefficient (Wildman–Crippen LogP) is 3.11. The number of anilines is 2. The molecule has 2 N–H and O–H groups in total. The first kappa shape index (κ1) is 18.1. The van der Waals surface area contributed by atoms with Crippen LogP contribution in [0, 0.1) is 11.7 Å². The molecule has 26 heavy (non-hydrogen) atoms. The molecule has 136 valence electrons. The van der Waals surface area contributed by atoms with Crippen molar-refractivity contribution >= 4 is 23.2 Å². The van der Waals surface area contributed by atoms with E-state index >= 15 is 0 Å². The van der Waals surface area contributed by atoms with Gasteiger partial charge in [0.05, 0.1) is 12.5 Å². The topological polar surface area (TPSA) is 61.4 Å². The van der Waals surface area contributed by atoms with E-state index in [2.05, 4.69) is 10.6 Å². The Morgan fingerprint density at radius 3 is 2.42 bits per heavy atom. The summed E-state index contributed by atoms with van der Waals surface area (Å²) in [6.45, 7) is 1.55. The summed E-state index contributed by atoms with van der Waals surface area (Å²) >= 11 is 0. The Balaban J connectivity index is 1.50. The Labute approximate surface area is 152 Å². The van der Waals surface area contributed by atoms with Crippen LogP contribution in [0.1, 0.15) is 12.8 Å². The SMILES string of the molecule is O=C(CN1CCCC(C(=O)Nc2ccccc2)C1)Nc1ccc(F)cc1. The van der Waals surface area contributed by atoms with Gasteiger partial charge in [0.1, 0.15) is 5.82 Å². The quantitative estimate of drug-likeness (QED) is 0.866. The number of nitrogens with zero attached hydrogens (tertiary/aromatic N) is 1. The van der Waals surface area contributed by atoms with Crippen LogP contribution in [0.25, 0.3) is 0 Å². The molecule has 2 aromatic rings. The molecule has 0 aliphatic carbocycles. The molecule has 0 aromatic heterocycles. The second-order valence-electron chi connectivity index (χ2n) is 6.48. The van der Waals surface area contributed by atoms with E-state index in [1.165, 1.54) is 24.3 Å². The molecule has 1 aliphatic rings. The summed E-state index contributed by atoms with van der Waals surface area (Å²) in [6, 6.07) is 15.0. The summed E-state index contributed by atoms with van der Waals surface area (Å²) in [7, 11) is 0. The van der Waals surface area contributed by atoms with Gasteiger partial charge in [0.2, 0.25) is 11.8 Å². The molecule has 0 saturated carbocycles. The van der Waals surface area contributed by atoms with E-state index in [0.29, 0.717) is 12.2 Å². The number of halogens is 1. The summed E-state index contributed by atoms with van der Waals surface area (Å²) in [6.07, 6.45) is 1.69. The van der Waals surface area contributed by atoms with Gasteiger partial charge in [-0.25, -0.2) is 4.39 Å². The number of nitrogens with one attached hydrogen (secondary N) is 2. The van der Waals surface area contributed by atoms with Crippen LogP contribution in [0.3, 0.4) is 0 Å². The maximum Gasteiger partial charge on any atom is 0.238 e. The molecule has 1 atom stereocenters. The fourth-order valence-corrected chi connectivity index (χ4v) is 3.12. The van der Waals surface area contributed by atoms with Crippen LogP contribution in [-0.2, 0) is 9.59 Å². The van der Waals surface area contributed by atoms with Crippen LogP contribution in [0.5, 0.6) is 0 Å². The average Bonchev–Trinajstić information content (AvgIpc) is 2.64. The molecular weight excluding hydrogens is 333 g/mol. The van der Waals surface area contributed by atoms with Crippen molar-refractivity contribution < 1.29 is 14.0 Å². The molecule has 5 nitrogen and oxygen atoms in total. The third-order valence-electron chi connectivity index (χ3n) is 4.41. The molecule has 2 amide bonds. The van der Waals surface area contributed by atoms with Gasteiger partial charge < -0.3 is 10.6 Å². The van der Waals surface area contributed by atoms with Gasteiger partial charge in [0.25, 0.3) is 0 Å². The molecule has 1 aliphatic heterocycles. The molecule has 0 spiro atoms. The number of benzene rings is 2. The predicted molar refractivity (Wildman–Crippen MR) is 99.3 cm³/mol. The maximum absolute atomic E-state index is 12.9. The third-order valence-corrected chi connectivity index (χ3v) is 4.41. The van der Waals surface area contributed by atoms with E-state index in [4.69, 9.17) is 0 Å². The smallest absolute Gasteiger partial charge is 0.238 e. The first-order valence-corrected chi connectivity index (χ1v) is 8.74. The minimum absolute atomic E-state index is 0.0140. The minimum Gasteiger partial charge on any atom is -0.326 e. The van der Waals surface area contributed by atoms with Crippen LogP contribution in [0.2, 0.25) is 0 Å². The summed E-state index contributed by atoms with van der Waals surface area (Å²) in [5.41, 5.74) is 1.34. The van der Waals surface area contributed by atoms with Gasteiger partial charge in [-0.2, -0.15) is 0 Å². The lowest BCUT2D eigenvalue weighted by Gasteiger charge is -2.31. The van der Waals surface area contributed by atoms with E-state index < -0.39 is 0 Å². The summed E-state index contributed by atoms with van der Waals surface area (Å²) in [5.74, 6) is -0.658. The standard InChI is InChI=1S/C20H22FN3O2/c21-16-8-10-18(11-9-16)22-19(25)14-24-12-4-5-15(13-24)20(26)23-17-6-2-1-3-7-17/h1-3,6-11,15H,4-5,12-14H2,(H,22,25)(H,23,26). The van der Waals surface area contributed by atoms with Crippen LogP contribution >= 0.6 is 0 Å². The Morgan fingerprint density at radius 2 is 1.69 bits per heavy atom. The minimum atomic E-state index is -0.341. The summed E-state index contributed by atoms with van der Waals surface area (Å²) < 4.78 is 12.9. The van der Waals surface area contributed by atoms with E-state index in [-0.39, 0.29) is 30.1 Å². The molecule has 1 heterocycles. The van der Waals surface area contributed by atoms with Crippen LogP contribution < -0.4 is 10.6 Å². The van der Waals surface area contributed by atoms with Gasteiger partial charge in [0.15, 0.2) is 0 Å². The molecule has 1 fully saturated rings. The van der Waals surface area contributed by atoms with Gasteiger partial charge in [-0.15, -0.1) is 0 Å². The molecule has 6 heteroatoms. The van der Waals surface area contributed by atoms with E-state index in [9.17, 15) is 14.0 Å². The number of piperidine rings is 1. The first-order valence-electron chi connectivity index (χ1n) is 8.74. The van der Waals surface area contributed by atoms with Gasteiger partial charge in [-0.05, 0) is 55.8 Å². The van der Waals surface area contributed by atoms with Gasteiger partial charge in [-0.3, -0.25) is 14.5 Å². The highest BCUT2D eigenvalue weighted by atomic mass is 19.1. The van der Waals surface area contributed by atoms with Crippen molar-refractivity contribution in [1.82, 2.24) is 4.90 Å². The largest absolute Gasteiger partial charge is 0.326 e. The number of para-hydroxylation sites is 1. The van der Waals surface area contributed by atoms with Gasteiger partial charge in [-0.1, -0.05) is 18.2 Å². The van der Waals surface area contributed by atoms with E-state index in [1.54, 1.807) is 0 Å². The number of likely N-dealkylation sites (tertiary alicyclic amines) is 1. The fourth-order valence-electron chi connectivity index (χ4n) is 3.12. The third kappa shape index (κ3) is 5.13. The lowest BCUT2D eigenvalue weighted by atomic mass is 9.97. The van der Waals surface area contributed by atoms with Crippen molar-refractivity contribution in [2.45, 2.75) is 12.8 Å². The maximum atomic E-state index is 12.9. The van der Waals surface area contributed by atoms with E-state index in [1.807, 2.05) is 35.2 Å². The molecule has 2 aromatic carbocycles. The highest BCUT2D eigenvalue weighted by molar-refractivity contribution is 5.93. The molecule has 0 bridgehead atoms. The Morgan fingerprint density at radius 1 is 1.00 bits per heavy atom. The van der Waals surface area contributed by atoms with Crippen LogP contribution in [-0.4, -0.2) is 36.3 Å². The van der Waals surface area contributed by atoms with Crippen LogP contribution in [0.4, 0.5) is 15.8 Å². The number of hydrogen-bond acceptors (Lipinski definition) is 3. The number of hydrogen-bond donors (Lipinski definition) is 2. The number of amides is 2. The number of carbonyl (C=O) groups excluding carboxylic acids is 2. The highest BCUT2D eigenvalue weighted by Gasteiger charge is 2.26. The van der Waals surface area contributed by atoms with Crippen molar-refractivity contribution in [3.63, 3.8) is 0 Å². The molecule has 3 rings (SSSR count). The van der Waals surface area contributed by atoms with Crippen molar-refractivity contribution in [2.24, 2.45) is 5.92 Å². The Hall–Kier alpha value is -2.73. The van der Waals surface area contributed by atoms with Crippen LogP contribution in [0.15, 0.2) is 54.6 Å². The first-order chi connectivity index (χ1) is 12.6. The van der Waals surface area contributed by atoms with Crippen molar-refractivity contribution in [2.75, 3.05) is 30.3 Å². The van der Waals surface area contributed by atoms with Crippen molar-refractivity contribution in [1.29, 1.82) is 0 Å². The number of carbonyl (C=O) groups is 2. The molecule has 0 radical (unpaired) electrons. The summed E-state index contributed by atoms with van der Waals surface area (Å²) in [5, 5.41) is 5.68.